The zero-order valence-electron chi connectivity index (χ0n) is 10.5. The van der Waals surface area contributed by atoms with E-state index in [1.54, 1.807) is 0 Å². The Balaban J connectivity index is 2.35. The Morgan fingerprint density at radius 2 is 2.06 bits per heavy atom. The average molecular weight is 230 g/mol. The minimum atomic E-state index is 0.157. The van der Waals surface area contributed by atoms with Crippen molar-refractivity contribution in [3.05, 3.63) is 53.2 Å². The smallest absolute Gasteiger partial charge is 0.101 e. The van der Waals surface area contributed by atoms with Crippen molar-refractivity contribution < 1.29 is 4.42 Å². The van der Waals surface area contributed by atoms with Crippen LogP contribution in [-0.2, 0) is 0 Å². The minimum absolute atomic E-state index is 0.157. The number of furan rings is 1. The van der Waals surface area contributed by atoms with Crippen molar-refractivity contribution in [2.24, 2.45) is 0 Å². The van der Waals surface area contributed by atoms with Gasteiger partial charge in [0, 0.05) is 18.0 Å². The highest BCUT2D eigenvalue weighted by atomic mass is 16.3. The van der Waals surface area contributed by atoms with E-state index in [0.717, 1.165) is 17.9 Å². The third-order valence-corrected chi connectivity index (χ3v) is 2.72. The minimum Gasteiger partial charge on any atom is -0.469 e. The van der Waals surface area contributed by atoms with Gasteiger partial charge in [-0.2, -0.15) is 0 Å². The second-order valence-electron chi connectivity index (χ2n) is 4.28. The van der Waals surface area contributed by atoms with Gasteiger partial charge in [0.25, 0.3) is 0 Å². The fraction of sp³-hybridized carbons (Fsp3) is 0.357. The van der Waals surface area contributed by atoms with Gasteiger partial charge < -0.3 is 9.73 Å². The number of aryl methyl sites for hydroxylation is 2. The molecule has 1 unspecified atom stereocenters. The summed E-state index contributed by atoms with van der Waals surface area (Å²) in [4.78, 5) is 4.25. The van der Waals surface area contributed by atoms with Crippen LogP contribution in [0.5, 0.6) is 0 Å². The predicted octanol–water partition coefficient (Wildman–Crippen LogP) is 2.99. The molecule has 0 aliphatic rings. The van der Waals surface area contributed by atoms with Crippen molar-refractivity contribution in [2.45, 2.75) is 26.8 Å². The maximum Gasteiger partial charge on any atom is 0.101 e. The monoisotopic (exact) mass is 230 g/mol. The van der Waals surface area contributed by atoms with Crippen molar-refractivity contribution in [2.75, 3.05) is 6.54 Å². The van der Waals surface area contributed by atoms with E-state index >= 15 is 0 Å². The van der Waals surface area contributed by atoms with Gasteiger partial charge in [-0.15, -0.1) is 0 Å². The Labute approximate surface area is 102 Å². The van der Waals surface area contributed by atoms with Crippen LogP contribution in [0.3, 0.4) is 0 Å². The first-order valence-corrected chi connectivity index (χ1v) is 5.90. The number of nitrogens with one attached hydrogen (secondary N) is 1. The van der Waals surface area contributed by atoms with Crippen LogP contribution in [0.15, 0.2) is 35.2 Å². The fourth-order valence-corrected chi connectivity index (χ4v) is 1.98. The first-order valence-electron chi connectivity index (χ1n) is 5.90. The largest absolute Gasteiger partial charge is 0.469 e. The highest BCUT2D eigenvalue weighted by molar-refractivity contribution is 5.30. The first-order chi connectivity index (χ1) is 8.20. The fourth-order valence-electron chi connectivity index (χ4n) is 1.98. The topological polar surface area (TPSA) is 38.1 Å². The van der Waals surface area contributed by atoms with E-state index < -0.39 is 0 Å². The quantitative estimate of drug-likeness (QED) is 0.877. The maximum atomic E-state index is 5.38. The summed E-state index contributed by atoms with van der Waals surface area (Å²) in [5, 5.41) is 3.46. The van der Waals surface area contributed by atoms with Crippen LogP contribution in [0.2, 0.25) is 0 Å². The summed E-state index contributed by atoms with van der Waals surface area (Å²) in [7, 11) is 0. The molecule has 3 heteroatoms. The number of nitrogens with zero attached hydrogens (tertiary/aromatic N) is 1. The molecule has 0 aliphatic carbocycles. The Morgan fingerprint density at radius 3 is 2.65 bits per heavy atom. The number of aromatic nitrogens is 1. The molecule has 0 spiro atoms. The summed E-state index contributed by atoms with van der Waals surface area (Å²) in [5.41, 5.74) is 3.50. The van der Waals surface area contributed by atoms with E-state index in [4.69, 9.17) is 4.42 Å². The molecule has 0 bridgehead atoms. The van der Waals surface area contributed by atoms with Crippen molar-refractivity contribution in [3.8, 4) is 0 Å². The highest BCUT2D eigenvalue weighted by Crippen LogP contribution is 2.23. The Hall–Kier alpha value is -1.61. The van der Waals surface area contributed by atoms with E-state index in [9.17, 15) is 0 Å². The average Bonchev–Trinajstić information content (AvgIpc) is 2.72. The van der Waals surface area contributed by atoms with Crippen molar-refractivity contribution >= 4 is 0 Å². The van der Waals surface area contributed by atoms with Crippen LogP contribution in [-0.4, -0.2) is 11.5 Å². The number of hydrogen-bond acceptors (Lipinski definition) is 3. The third-order valence-electron chi connectivity index (χ3n) is 2.72. The number of hydrogen-bond donors (Lipinski definition) is 1. The van der Waals surface area contributed by atoms with E-state index in [-0.39, 0.29) is 6.04 Å². The van der Waals surface area contributed by atoms with Gasteiger partial charge >= 0.3 is 0 Å². The Kier molecular flexibility index (Phi) is 3.59. The van der Waals surface area contributed by atoms with Crippen molar-refractivity contribution in [3.63, 3.8) is 0 Å². The van der Waals surface area contributed by atoms with Gasteiger partial charge in [0.15, 0.2) is 0 Å². The van der Waals surface area contributed by atoms with Crippen molar-refractivity contribution in [1.29, 1.82) is 0 Å². The molecule has 3 nitrogen and oxygen atoms in total. The molecule has 0 fully saturated rings. The van der Waals surface area contributed by atoms with E-state index in [1.807, 2.05) is 25.6 Å². The second kappa shape index (κ2) is 5.15. The maximum absolute atomic E-state index is 5.38. The molecule has 0 saturated heterocycles. The van der Waals surface area contributed by atoms with Gasteiger partial charge in [0.2, 0.25) is 0 Å². The molecule has 2 rings (SSSR count). The van der Waals surface area contributed by atoms with Crippen LogP contribution in [0.25, 0.3) is 0 Å². The van der Waals surface area contributed by atoms with E-state index in [1.165, 1.54) is 11.1 Å². The van der Waals surface area contributed by atoms with Gasteiger partial charge in [-0.1, -0.05) is 13.0 Å². The molecule has 1 atom stereocenters. The lowest BCUT2D eigenvalue weighted by atomic mass is 10.0. The third kappa shape index (κ3) is 2.74. The molecule has 0 aliphatic heterocycles. The molecule has 2 heterocycles. The normalized spacial score (nSPS) is 12.6. The van der Waals surface area contributed by atoms with Crippen LogP contribution in [0, 0.1) is 13.8 Å². The first kappa shape index (κ1) is 11.9. The summed E-state index contributed by atoms with van der Waals surface area (Å²) in [5.74, 6) is 0.934. The number of rotatable bonds is 4. The summed E-state index contributed by atoms with van der Waals surface area (Å²) in [6.07, 6.45) is 5.58. The molecule has 2 aromatic heterocycles. The molecule has 0 saturated carbocycles. The van der Waals surface area contributed by atoms with Gasteiger partial charge in [-0.25, -0.2) is 0 Å². The molecule has 90 valence electrons. The molecule has 0 amide bonds. The van der Waals surface area contributed by atoms with E-state index in [2.05, 4.69) is 36.3 Å². The molecular weight excluding hydrogens is 212 g/mol. The Bertz CT molecular complexity index is 490. The Morgan fingerprint density at radius 1 is 1.24 bits per heavy atom. The zero-order chi connectivity index (χ0) is 12.3. The SMILES string of the molecule is CCNC(c1cncc(C)c1)c1coc(C)c1. The highest BCUT2D eigenvalue weighted by Gasteiger charge is 2.15. The van der Waals surface area contributed by atoms with Gasteiger partial charge in [0.05, 0.1) is 12.3 Å². The van der Waals surface area contributed by atoms with Crippen LogP contribution < -0.4 is 5.32 Å². The molecule has 1 N–H and O–H groups in total. The summed E-state index contributed by atoms with van der Waals surface area (Å²) in [6.45, 7) is 7.02. The van der Waals surface area contributed by atoms with Gasteiger partial charge in [-0.05, 0) is 37.6 Å². The molecule has 2 aromatic rings. The molecule has 17 heavy (non-hydrogen) atoms. The summed E-state index contributed by atoms with van der Waals surface area (Å²) in [6, 6.07) is 4.38. The van der Waals surface area contributed by atoms with Gasteiger partial charge in [0.1, 0.15) is 5.76 Å². The van der Waals surface area contributed by atoms with E-state index in [0.29, 0.717) is 0 Å². The molecule has 0 aromatic carbocycles. The molecule has 0 radical (unpaired) electrons. The second-order valence-corrected chi connectivity index (χ2v) is 4.28. The predicted molar refractivity (Wildman–Crippen MR) is 67.9 cm³/mol. The van der Waals surface area contributed by atoms with Crippen molar-refractivity contribution in [1.82, 2.24) is 10.3 Å². The lowest BCUT2D eigenvalue weighted by molar-refractivity contribution is 0.525. The summed E-state index contributed by atoms with van der Waals surface area (Å²) >= 11 is 0. The lowest BCUT2D eigenvalue weighted by Gasteiger charge is -2.16. The molecular formula is C14H18N2O. The van der Waals surface area contributed by atoms with Gasteiger partial charge in [-0.3, -0.25) is 4.98 Å². The summed E-state index contributed by atoms with van der Waals surface area (Å²) < 4.78 is 5.38. The standard InChI is InChI=1S/C14H18N2O/c1-4-16-14(13-6-11(3)17-9-13)12-5-10(2)7-15-8-12/h5-9,14,16H,4H2,1-3H3. The van der Waals surface area contributed by atoms with Crippen LogP contribution >= 0.6 is 0 Å². The zero-order valence-corrected chi connectivity index (χ0v) is 10.5. The number of pyridine rings is 1. The van der Waals surface area contributed by atoms with Crippen LogP contribution in [0.4, 0.5) is 0 Å². The van der Waals surface area contributed by atoms with Crippen LogP contribution in [0.1, 0.15) is 35.4 Å². The lowest BCUT2D eigenvalue weighted by Crippen LogP contribution is -2.21.